The molecule has 116 valence electrons. The van der Waals surface area contributed by atoms with Crippen molar-refractivity contribution in [3.8, 4) is 0 Å². The lowest BCUT2D eigenvalue weighted by molar-refractivity contribution is -0.384. The minimum Gasteiger partial charge on any atom is -0.385 e. The third-order valence-corrected chi connectivity index (χ3v) is 3.90. The first-order chi connectivity index (χ1) is 10.2. The van der Waals surface area contributed by atoms with Gasteiger partial charge < -0.3 is 5.32 Å². The van der Waals surface area contributed by atoms with E-state index in [-0.39, 0.29) is 10.6 Å². The molecule has 1 aliphatic carbocycles. The molecule has 1 saturated carbocycles. The Labute approximate surface area is 126 Å². The van der Waals surface area contributed by atoms with Gasteiger partial charge in [-0.1, -0.05) is 13.3 Å². The Morgan fingerprint density at radius 3 is 2.71 bits per heavy atom. The molecule has 1 aliphatic rings. The quantitative estimate of drug-likeness (QED) is 0.555. The van der Waals surface area contributed by atoms with Crippen molar-refractivity contribution in [2.45, 2.75) is 52.1 Å². The third-order valence-electron chi connectivity index (χ3n) is 3.90. The molecular weight excluding hydrogens is 266 g/mol. The molecule has 1 aromatic carbocycles. The maximum absolute atomic E-state index is 11.0. The van der Waals surface area contributed by atoms with E-state index < -0.39 is 0 Å². The first-order valence-electron chi connectivity index (χ1n) is 7.91. The van der Waals surface area contributed by atoms with E-state index in [0.29, 0.717) is 6.04 Å². The van der Waals surface area contributed by atoms with Gasteiger partial charge in [-0.2, -0.15) is 0 Å². The van der Waals surface area contributed by atoms with Crippen molar-refractivity contribution in [1.29, 1.82) is 0 Å². The summed E-state index contributed by atoms with van der Waals surface area (Å²) < 4.78 is 0. The van der Waals surface area contributed by atoms with Gasteiger partial charge in [0, 0.05) is 37.0 Å². The average molecular weight is 291 g/mol. The van der Waals surface area contributed by atoms with Crippen molar-refractivity contribution in [1.82, 2.24) is 4.90 Å². The Morgan fingerprint density at radius 1 is 1.38 bits per heavy atom. The summed E-state index contributed by atoms with van der Waals surface area (Å²) in [5, 5.41) is 14.3. The SMILES string of the molecule is CCCCN(Cc1cc([N+](=O)[O-])ccc1NCC)C1CC1. The number of unbranched alkanes of at least 4 members (excludes halogenated alkanes) is 1. The fourth-order valence-corrected chi connectivity index (χ4v) is 2.60. The zero-order valence-electron chi connectivity index (χ0n) is 13.0. The number of non-ortho nitro benzene ring substituents is 1. The molecular formula is C16H25N3O2. The molecule has 5 nitrogen and oxygen atoms in total. The monoisotopic (exact) mass is 291 g/mol. The Hall–Kier alpha value is -1.62. The van der Waals surface area contributed by atoms with Gasteiger partial charge in [-0.3, -0.25) is 15.0 Å². The Morgan fingerprint density at radius 2 is 2.14 bits per heavy atom. The average Bonchev–Trinajstić information content (AvgIpc) is 3.29. The van der Waals surface area contributed by atoms with Crippen molar-refractivity contribution >= 4 is 11.4 Å². The van der Waals surface area contributed by atoms with Crippen LogP contribution in [-0.4, -0.2) is 29.0 Å². The summed E-state index contributed by atoms with van der Waals surface area (Å²) in [7, 11) is 0. The molecule has 0 heterocycles. The van der Waals surface area contributed by atoms with E-state index in [1.165, 1.54) is 25.7 Å². The van der Waals surface area contributed by atoms with Crippen LogP contribution in [0, 0.1) is 10.1 Å². The third kappa shape index (κ3) is 4.43. The smallest absolute Gasteiger partial charge is 0.269 e. The normalized spacial score (nSPS) is 14.4. The van der Waals surface area contributed by atoms with Gasteiger partial charge in [0.25, 0.3) is 5.69 Å². The van der Waals surface area contributed by atoms with Crippen molar-refractivity contribution in [3.05, 3.63) is 33.9 Å². The largest absolute Gasteiger partial charge is 0.385 e. The molecule has 5 heteroatoms. The Balaban J connectivity index is 2.17. The number of anilines is 1. The van der Waals surface area contributed by atoms with Crippen molar-refractivity contribution in [3.63, 3.8) is 0 Å². The van der Waals surface area contributed by atoms with E-state index in [4.69, 9.17) is 0 Å². The number of hydrogen-bond donors (Lipinski definition) is 1. The number of nitrogens with one attached hydrogen (secondary N) is 1. The van der Waals surface area contributed by atoms with E-state index in [1.807, 2.05) is 13.0 Å². The highest BCUT2D eigenvalue weighted by Gasteiger charge is 2.29. The summed E-state index contributed by atoms with van der Waals surface area (Å²) in [5.74, 6) is 0. The van der Waals surface area contributed by atoms with Crippen LogP contribution in [-0.2, 0) is 6.54 Å². The molecule has 0 saturated heterocycles. The Bertz CT molecular complexity index is 486. The van der Waals surface area contributed by atoms with Gasteiger partial charge in [0.05, 0.1) is 4.92 Å². The molecule has 0 spiro atoms. The van der Waals surface area contributed by atoms with Gasteiger partial charge in [-0.25, -0.2) is 0 Å². The zero-order chi connectivity index (χ0) is 15.2. The van der Waals surface area contributed by atoms with Crippen molar-refractivity contribution < 1.29 is 4.92 Å². The van der Waals surface area contributed by atoms with Crippen LogP contribution in [0.15, 0.2) is 18.2 Å². The van der Waals surface area contributed by atoms with Crippen LogP contribution in [0.1, 0.15) is 45.1 Å². The van der Waals surface area contributed by atoms with Crippen LogP contribution in [0.25, 0.3) is 0 Å². The molecule has 0 amide bonds. The summed E-state index contributed by atoms with van der Waals surface area (Å²) in [6.45, 7) is 6.94. The predicted molar refractivity (Wildman–Crippen MR) is 85.6 cm³/mol. The lowest BCUT2D eigenvalue weighted by atomic mass is 10.1. The summed E-state index contributed by atoms with van der Waals surface area (Å²) in [5.41, 5.74) is 2.23. The fraction of sp³-hybridized carbons (Fsp3) is 0.625. The minimum absolute atomic E-state index is 0.179. The molecule has 0 radical (unpaired) electrons. The van der Waals surface area contributed by atoms with E-state index >= 15 is 0 Å². The van der Waals surface area contributed by atoms with E-state index in [1.54, 1.807) is 12.1 Å². The topological polar surface area (TPSA) is 58.4 Å². The first-order valence-corrected chi connectivity index (χ1v) is 7.91. The van der Waals surface area contributed by atoms with Gasteiger partial charge in [-0.05, 0) is 44.4 Å². The van der Waals surface area contributed by atoms with Gasteiger partial charge in [0.15, 0.2) is 0 Å². The van der Waals surface area contributed by atoms with Gasteiger partial charge in [-0.15, -0.1) is 0 Å². The second-order valence-corrected chi connectivity index (χ2v) is 5.68. The highest BCUT2D eigenvalue weighted by Crippen LogP contribution is 2.31. The van der Waals surface area contributed by atoms with Gasteiger partial charge >= 0.3 is 0 Å². The lowest BCUT2D eigenvalue weighted by Crippen LogP contribution is -2.27. The molecule has 0 atom stereocenters. The molecule has 1 aromatic rings. The lowest BCUT2D eigenvalue weighted by Gasteiger charge is -2.23. The first kappa shape index (κ1) is 15.8. The zero-order valence-corrected chi connectivity index (χ0v) is 13.0. The summed E-state index contributed by atoms with van der Waals surface area (Å²) in [6.07, 6.45) is 4.88. The van der Waals surface area contributed by atoms with Crippen LogP contribution in [0.3, 0.4) is 0 Å². The van der Waals surface area contributed by atoms with E-state index in [9.17, 15) is 10.1 Å². The molecule has 1 N–H and O–H groups in total. The molecule has 0 bridgehead atoms. The van der Waals surface area contributed by atoms with Crippen LogP contribution in [0.5, 0.6) is 0 Å². The summed E-state index contributed by atoms with van der Waals surface area (Å²) >= 11 is 0. The van der Waals surface area contributed by atoms with Crippen molar-refractivity contribution in [2.24, 2.45) is 0 Å². The summed E-state index contributed by atoms with van der Waals surface area (Å²) in [4.78, 5) is 13.2. The molecule has 21 heavy (non-hydrogen) atoms. The second-order valence-electron chi connectivity index (χ2n) is 5.68. The fourth-order valence-electron chi connectivity index (χ4n) is 2.60. The van der Waals surface area contributed by atoms with Crippen LogP contribution >= 0.6 is 0 Å². The van der Waals surface area contributed by atoms with Crippen LogP contribution in [0.4, 0.5) is 11.4 Å². The molecule has 0 aliphatic heterocycles. The minimum atomic E-state index is -0.313. The number of nitrogens with zero attached hydrogens (tertiary/aromatic N) is 2. The van der Waals surface area contributed by atoms with Crippen molar-refractivity contribution in [2.75, 3.05) is 18.4 Å². The van der Waals surface area contributed by atoms with Gasteiger partial charge in [0.2, 0.25) is 0 Å². The Kier molecular flexibility index (Phi) is 5.56. The van der Waals surface area contributed by atoms with E-state index in [0.717, 1.165) is 30.9 Å². The highest BCUT2D eigenvalue weighted by atomic mass is 16.6. The standard InChI is InChI=1S/C16H25N3O2/c1-3-5-10-18(14-6-7-14)12-13-11-15(19(20)21)8-9-16(13)17-4-2/h8-9,11,14,17H,3-7,10,12H2,1-2H3. The number of hydrogen-bond acceptors (Lipinski definition) is 4. The maximum atomic E-state index is 11.0. The van der Waals surface area contributed by atoms with Gasteiger partial charge in [0.1, 0.15) is 0 Å². The number of benzene rings is 1. The van der Waals surface area contributed by atoms with Crippen LogP contribution in [0.2, 0.25) is 0 Å². The molecule has 1 fully saturated rings. The highest BCUT2D eigenvalue weighted by molar-refractivity contribution is 5.56. The summed E-state index contributed by atoms with van der Waals surface area (Å²) in [6, 6.07) is 5.81. The predicted octanol–water partition coefficient (Wildman–Crippen LogP) is 3.79. The second kappa shape index (κ2) is 7.41. The molecule has 0 unspecified atom stereocenters. The number of rotatable bonds is 9. The van der Waals surface area contributed by atoms with Crippen LogP contribution < -0.4 is 5.32 Å². The van der Waals surface area contributed by atoms with E-state index in [2.05, 4.69) is 17.1 Å². The number of nitro groups is 1. The molecule has 0 aromatic heterocycles. The number of nitro benzene ring substituents is 1. The maximum Gasteiger partial charge on any atom is 0.269 e. The molecule has 2 rings (SSSR count).